The molecule has 1 atom stereocenters. The largest absolute Gasteiger partial charge is 0.488 e. The summed E-state index contributed by atoms with van der Waals surface area (Å²) in [5.41, 5.74) is 0.971. The first-order valence-electron chi connectivity index (χ1n) is 4.50. The Hall–Kier alpha value is -1.38. The van der Waals surface area contributed by atoms with Crippen molar-refractivity contribution in [3.63, 3.8) is 0 Å². The predicted molar refractivity (Wildman–Crippen MR) is 51.4 cm³/mol. The summed E-state index contributed by atoms with van der Waals surface area (Å²) in [7, 11) is 0. The molecule has 1 aliphatic heterocycles. The topological polar surface area (TPSA) is 34.5 Å². The van der Waals surface area contributed by atoms with Crippen LogP contribution in [0.2, 0.25) is 0 Å². The minimum atomic E-state index is 0.208. The van der Waals surface area contributed by atoms with Crippen molar-refractivity contribution in [3.8, 4) is 5.75 Å². The molecule has 0 radical (unpaired) electrons. The van der Waals surface area contributed by atoms with Gasteiger partial charge in [0.25, 0.3) is 0 Å². The fourth-order valence-electron chi connectivity index (χ4n) is 1.30. The number of aliphatic imine (C=N–C) groups is 1. The van der Waals surface area contributed by atoms with Crippen LogP contribution in [0, 0.1) is 0 Å². The van der Waals surface area contributed by atoms with Crippen molar-refractivity contribution >= 4 is 6.21 Å². The number of nitrogens with zero attached hydrogens (tertiary/aromatic N) is 2. The zero-order valence-corrected chi connectivity index (χ0v) is 7.60. The Morgan fingerprint density at radius 1 is 1.62 bits per heavy atom. The van der Waals surface area contributed by atoms with Gasteiger partial charge in [-0.2, -0.15) is 0 Å². The SMILES string of the molecule is CC[C@@H]1CN=Cc2cnccc2O1. The van der Waals surface area contributed by atoms with Crippen LogP contribution in [0.5, 0.6) is 5.75 Å². The lowest BCUT2D eigenvalue weighted by Crippen LogP contribution is -2.17. The van der Waals surface area contributed by atoms with Crippen LogP contribution in [0.3, 0.4) is 0 Å². The monoisotopic (exact) mass is 176 g/mol. The number of rotatable bonds is 1. The molecule has 0 N–H and O–H groups in total. The van der Waals surface area contributed by atoms with Crippen molar-refractivity contribution in [2.45, 2.75) is 19.4 Å². The zero-order chi connectivity index (χ0) is 9.10. The molecule has 0 bridgehead atoms. The first-order chi connectivity index (χ1) is 6.40. The number of fused-ring (bicyclic) bond motifs is 1. The number of aromatic nitrogens is 1. The summed E-state index contributed by atoms with van der Waals surface area (Å²) in [6, 6.07) is 1.88. The highest BCUT2D eigenvalue weighted by Gasteiger charge is 2.12. The van der Waals surface area contributed by atoms with Crippen LogP contribution < -0.4 is 4.74 Å². The summed E-state index contributed by atoms with van der Waals surface area (Å²) in [6.07, 6.45) is 6.54. The molecule has 1 aliphatic rings. The third kappa shape index (κ3) is 1.69. The van der Waals surface area contributed by atoms with Gasteiger partial charge in [-0.15, -0.1) is 0 Å². The molecule has 2 rings (SSSR count). The van der Waals surface area contributed by atoms with Crippen molar-refractivity contribution in [3.05, 3.63) is 24.0 Å². The highest BCUT2D eigenvalue weighted by molar-refractivity contribution is 5.83. The van der Waals surface area contributed by atoms with E-state index in [2.05, 4.69) is 16.9 Å². The molecule has 0 amide bonds. The molecule has 1 aromatic rings. The van der Waals surface area contributed by atoms with E-state index in [1.165, 1.54) is 0 Å². The fraction of sp³-hybridized carbons (Fsp3) is 0.400. The quantitative estimate of drug-likeness (QED) is 0.652. The van der Waals surface area contributed by atoms with E-state index in [4.69, 9.17) is 4.74 Å². The number of ether oxygens (including phenoxy) is 1. The van der Waals surface area contributed by atoms with E-state index in [0.29, 0.717) is 0 Å². The molecule has 0 aromatic carbocycles. The summed E-state index contributed by atoms with van der Waals surface area (Å²) in [6.45, 7) is 2.84. The van der Waals surface area contributed by atoms with Gasteiger partial charge in [-0.25, -0.2) is 0 Å². The maximum absolute atomic E-state index is 5.74. The van der Waals surface area contributed by atoms with E-state index < -0.39 is 0 Å². The number of hydrogen-bond donors (Lipinski definition) is 0. The third-order valence-electron chi connectivity index (χ3n) is 2.10. The molecule has 2 heterocycles. The van der Waals surface area contributed by atoms with Crippen LogP contribution in [-0.4, -0.2) is 23.8 Å². The summed E-state index contributed by atoms with van der Waals surface area (Å²) >= 11 is 0. The van der Waals surface area contributed by atoms with E-state index in [0.717, 1.165) is 24.3 Å². The lowest BCUT2D eigenvalue weighted by Gasteiger charge is -2.13. The molecule has 3 heteroatoms. The molecule has 0 unspecified atom stereocenters. The van der Waals surface area contributed by atoms with E-state index in [1.54, 1.807) is 12.4 Å². The molecule has 0 saturated carbocycles. The smallest absolute Gasteiger partial charge is 0.131 e. The van der Waals surface area contributed by atoms with Crippen LogP contribution in [0.4, 0.5) is 0 Å². The Balaban J connectivity index is 2.32. The van der Waals surface area contributed by atoms with Gasteiger partial charge in [0.15, 0.2) is 0 Å². The minimum absolute atomic E-state index is 0.208. The maximum Gasteiger partial charge on any atom is 0.131 e. The van der Waals surface area contributed by atoms with Gasteiger partial charge in [-0.1, -0.05) is 6.92 Å². The second kappa shape index (κ2) is 3.56. The molecular formula is C10H12N2O. The zero-order valence-electron chi connectivity index (χ0n) is 7.60. The number of pyridine rings is 1. The molecular weight excluding hydrogens is 164 g/mol. The summed E-state index contributed by atoms with van der Waals surface area (Å²) in [5.74, 6) is 0.892. The Labute approximate surface area is 77.5 Å². The van der Waals surface area contributed by atoms with E-state index in [-0.39, 0.29) is 6.10 Å². The normalized spacial score (nSPS) is 20.2. The lowest BCUT2D eigenvalue weighted by atomic mass is 10.2. The molecule has 1 aromatic heterocycles. The second-order valence-corrected chi connectivity index (χ2v) is 3.06. The molecule has 0 saturated heterocycles. The molecule has 13 heavy (non-hydrogen) atoms. The van der Waals surface area contributed by atoms with Gasteiger partial charge in [0.2, 0.25) is 0 Å². The Morgan fingerprint density at radius 3 is 3.38 bits per heavy atom. The molecule has 3 nitrogen and oxygen atoms in total. The average molecular weight is 176 g/mol. The number of hydrogen-bond acceptors (Lipinski definition) is 3. The first kappa shape index (κ1) is 8.23. The molecule has 0 spiro atoms. The van der Waals surface area contributed by atoms with Gasteiger partial charge in [0, 0.05) is 18.6 Å². The first-order valence-corrected chi connectivity index (χ1v) is 4.50. The van der Waals surface area contributed by atoms with Crippen molar-refractivity contribution in [2.24, 2.45) is 4.99 Å². The van der Waals surface area contributed by atoms with Crippen molar-refractivity contribution in [2.75, 3.05) is 6.54 Å². The van der Waals surface area contributed by atoms with Crippen LogP contribution in [0.1, 0.15) is 18.9 Å². The summed E-state index contributed by atoms with van der Waals surface area (Å²) < 4.78 is 5.74. The van der Waals surface area contributed by atoms with Gasteiger partial charge in [0.1, 0.15) is 11.9 Å². The van der Waals surface area contributed by atoms with Crippen molar-refractivity contribution < 1.29 is 4.74 Å². The van der Waals surface area contributed by atoms with Crippen LogP contribution in [-0.2, 0) is 0 Å². The van der Waals surface area contributed by atoms with Gasteiger partial charge in [-0.05, 0) is 12.5 Å². The highest BCUT2D eigenvalue weighted by atomic mass is 16.5. The van der Waals surface area contributed by atoms with Gasteiger partial charge < -0.3 is 4.74 Å². The van der Waals surface area contributed by atoms with Gasteiger partial charge >= 0.3 is 0 Å². The predicted octanol–water partition coefficient (Wildman–Crippen LogP) is 1.67. The molecule has 0 fully saturated rings. The Kier molecular flexibility index (Phi) is 2.25. The standard InChI is InChI=1S/C10H12N2O/c1-2-9-7-12-6-8-5-11-4-3-10(8)13-9/h3-6,9H,2,7H2,1H3/t9-/m1/s1. The summed E-state index contributed by atoms with van der Waals surface area (Å²) in [5, 5.41) is 0. The summed E-state index contributed by atoms with van der Waals surface area (Å²) in [4.78, 5) is 8.29. The highest BCUT2D eigenvalue weighted by Crippen LogP contribution is 2.19. The van der Waals surface area contributed by atoms with Crippen LogP contribution in [0.25, 0.3) is 0 Å². The van der Waals surface area contributed by atoms with Gasteiger partial charge in [0.05, 0.1) is 12.1 Å². The average Bonchev–Trinajstić information content (AvgIpc) is 2.38. The Bertz CT molecular complexity index is 322. The van der Waals surface area contributed by atoms with Crippen molar-refractivity contribution in [1.82, 2.24) is 4.98 Å². The van der Waals surface area contributed by atoms with Gasteiger partial charge in [-0.3, -0.25) is 9.98 Å². The lowest BCUT2D eigenvalue weighted by molar-refractivity contribution is 0.208. The van der Waals surface area contributed by atoms with E-state index in [1.807, 2.05) is 12.3 Å². The van der Waals surface area contributed by atoms with E-state index >= 15 is 0 Å². The third-order valence-corrected chi connectivity index (χ3v) is 2.10. The minimum Gasteiger partial charge on any atom is -0.488 e. The van der Waals surface area contributed by atoms with Crippen molar-refractivity contribution in [1.29, 1.82) is 0 Å². The second-order valence-electron chi connectivity index (χ2n) is 3.06. The Morgan fingerprint density at radius 2 is 2.54 bits per heavy atom. The fourth-order valence-corrected chi connectivity index (χ4v) is 1.30. The maximum atomic E-state index is 5.74. The molecule has 0 aliphatic carbocycles. The molecule has 68 valence electrons. The van der Waals surface area contributed by atoms with Crippen LogP contribution >= 0.6 is 0 Å². The van der Waals surface area contributed by atoms with Crippen LogP contribution in [0.15, 0.2) is 23.5 Å². The van der Waals surface area contributed by atoms with E-state index in [9.17, 15) is 0 Å².